The lowest BCUT2D eigenvalue weighted by atomic mass is 9.78. The number of ether oxygens (including phenoxy) is 4. The molecule has 160 valence electrons. The van der Waals surface area contributed by atoms with E-state index in [-0.39, 0.29) is 12.6 Å². The first-order valence-electron chi connectivity index (χ1n) is 10.6. The average molecular weight is 403 g/mol. The van der Waals surface area contributed by atoms with Crippen LogP contribution in [-0.2, 0) is 30.3 Å². The highest BCUT2D eigenvalue weighted by Crippen LogP contribution is 2.45. The third-order valence-corrected chi connectivity index (χ3v) is 5.44. The minimum Gasteiger partial charge on any atom is -0.458 e. The minimum absolute atomic E-state index is 0.0190. The van der Waals surface area contributed by atoms with Crippen molar-refractivity contribution in [1.29, 1.82) is 0 Å². The zero-order chi connectivity index (χ0) is 20.7. The molecule has 0 aromatic heterocycles. The molecule has 3 rings (SSSR count). The number of allylic oxidation sites excluding steroid dienone is 1. The van der Waals surface area contributed by atoms with Crippen LogP contribution in [0.1, 0.15) is 45.6 Å². The SMILES string of the molecule is CC(C)(C)OC(=O)COCC=CC[C@@H]1[C@H](COCc2ccccc2)[C@@H]2CC[C@H]1O2. The summed E-state index contributed by atoms with van der Waals surface area (Å²) in [5, 5.41) is 0. The Labute approximate surface area is 174 Å². The van der Waals surface area contributed by atoms with Crippen LogP contribution in [0.5, 0.6) is 0 Å². The third-order valence-electron chi connectivity index (χ3n) is 5.44. The Kier molecular flexibility index (Phi) is 7.87. The van der Waals surface area contributed by atoms with Crippen LogP contribution in [0.4, 0.5) is 0 Å². The lowest BCUT2D eigenvalue weighted by molar-refractivity contribution is -0.159. The van der Waals surface area contributed by atoms with Gasteiger partial charge in [0.05, 0.1) is 32.0 Å². The van der Waals surface area contributed by atoms with Crippen LogP contribution in [0.2, 0.25) is 0 Å². The fourth-order valence-corrected chi connectivity index (χ4v) is 4.22. The number of carbonyl (C=O) groups excluding carboxylic acids is 1. The summed E-state index contributed by atoms with van der Waals surface area (Å²) in [7, 11) is 0. The van der Waals surface area contributed by atoms with E-state index in [4.69, 9.17) is 18.9 Å². The van der Waals surface area contributed by atoms with Crippen LogP contribution >= 0.6 is 0 Å². The van der Waals surface area contributed by atoms with Gasteiger partial charge < -0.3 is 18.9 Å². The molecule has 0 amide bonds. The number of fused-ring (bicyclic) bond motifs is 2. The maximum atomic E-state index is 11.6. The van der Waals surface area contributed by atoms with Crippen molar-refractivity contribution in [2.45, 2.75) is 64.4 Å². The van der Waals surface area contributed by atoms with Crippen LogP contribution in [-0.4, -0.2) is 43.6 Å². The van der Waals surface area contributed by atoms with Gasteiger partial charge >= 0.3 is 5.97 Å². The summed E-state index contributed by atoms with van der Waals surface area (Å²) in [6, 6.07) is 10.3. The van der Waals surface area contributed by atoms with Gasteiger partial charge in [-0.25, -0.2) is 4.79 Å². The first-order chi connectivity index (χ1) is 13.9. The van der Waals surface area contributed by atoms with Crippen molar-refractivity contribution in [2.75, 3.05) is 19.8 Å². The summed E-state index contributed by atoms with van der Waals surface area (Å²) in [6.45, 7) is 7.33. The number of benzene rings is 1. The van der Waals surface area contributed by atoms with Crippen LogP contribution in [0.15, 0.2) is 42.5 Å². The Balaban J connectivity index is 1.37. The van der Waals surface area contributed by atoms with Crippen molar-refractivity contribution >= 4 is 5.97 Å². The topological polar surface area (TPSA) is 54.0 Å². The van der Waals surface area contributed by atoms with Gasteiger partial charge in [-0.1, -0.05) is 42.5 Å². The molecular formula is C24H34O5. The monoisotopic (exact) mass is 402 g/mol. The summed E-state index contributed by atoms with van der Waals surface area (Å²) in [4.78, 5) is 11.6. The summed E-state index contributed by atoms with van der Waals surface area (Å²) in [5.74, 6) is 0.611. The molecule has 1 aromatic rings. The van der Waals surface area contributed by atoms with E-state index >= 15 is 0 Å². The molecule has 2 bridgehead atoms. The first-order valence-corrected chi connectivity index (χ1v) is 10.6. The second-order valence-electron chi connectivity index (χ2n) is 8.93. The maximum Gasteiger partial charge on any atom is 0.332 e. The van der Waals surface area contributed by atoms with Crippen molar-refractivity contribution in [3.8, 4) is 0 Å². The van der Waals surface area contributed by atoms with Gasteiger partial charge in [0.15, 0.2) is 0 Å². The van der Waals surface area contributed by atoms with Gasteiger partial charge in [0, 0.05) is 5.92 Å². The molecule has 5 heteroatoms. The van der Waals surface area contributed by atoms with Crippen molar-refractivity contribution < 1.29 is 23.7 Å². The normalized spacial score (nSPS) is 26.3. The zero-order valence-electron chi connectivity index (χ0n) is 17.8. The van der Waals surface area contributed by atoms with E-state index in [1.54, 1.807) is 0 Å². The van der Waals surface area contributed by atoms with Crippen molar-refractivity contribution in [3.05, 3.63) is 48.0 Å². The highest BCUT2D eigenvalue weighted by molar-refractivity contribution is 5.71. The first kappa shape index (κ1) is 22.0. The van der Waals surface area contributed by atoms with Crippen molar-refractivity contribution in [2.24, 2.45) is 11.8 Å². The Bertz CT molecular complexity index is 664. The number of carbonyl (C=O) groups is 1. The fraction of sp³-hybridized carbons (Fsp3) is 0.625. The Morgan fingerprint density at radius 1 is 1.07 bits per heavy atom. The third kappa shape index (κ3) is 6.95. The van der Waals surface area contributed by atoms with E-state index in [1.165, 1.54) is 5.56 Å². The number of hydrogen-bond donors (Lipinski definition) is 0. The smallest absolute Gasteiger partial charge is 0.332 e. The van der Waals surface area contributed by atoms with Crippen molar-refractivity contribution in [1.82, 2.24) is 0 Å². The molecule has 2 aliphatic heterocycles. The predicted octanol–water partition coefficient (Wildman–Crippen LogP) is 4.30. The largest absolute Gasteiger partial charge is 0.458 e. The second kappa shape index (κ2) is 10.4. The highest BCUT2D eigenvalue weighted by Gasteiger charge is 2.48. The van der Waals surface area contributed by atoms with E-state index in [9.17, 15) is 4.79 Å². The molecule has 2 fully saturated rings. The zero-order valence-corrected chi connectivity index (χ0v) is 17.8. The van der Waals surface area contributed by atoms with Gasteiger partial charge in [0.25, 0.3) is 0 Å². The minimum atomic E-state index is -0.477. The number of rotatable bonds is 10. The van der Waals surface area contributed by atoms with Gasteiger partial charge in [-0.15, -0.1) is 0 Å². The van der Waals surface area contributed by atoms with E-state index in [0.717, 1.165) is 25.9 Å². The molecule has 0 radical (unpaired) electrons. The molecule has 29 heavy (non-hydrogen) atoms. The molecule has 2 saturated heterocycles. The second-order valence-corrected chi connectivity index (χ2v) is 8.93. The maximum absolute atomic E-state index is 11.6. The van der Waals surface area contributed by atoms with Crippen LogP contribution in [0.25, 0.3) is 0 Å². The summed E-state index contributed by atoms with van der Waals surface area (Å²) < 4.78 is 22.8. The molecule has 5 nitrogen and oxygen atoms in total. The molecule has 0 N–H and O–H groups in total. The van der Waals surface area contributed by atoms with Crippen molar-refractivity contribution in [3.63, 3.8) is 0 Å². The van der Waals surface area contributed by atoms with Crippen LogP contribution in [0, 0.1) is 11.8 Å². The van der Waals surface area contributed by atoms with Gasteiger partial charge in [-0.05, 0) is 51.5 Å². The predicted molar refractivity (Wildman–Crippen MR) is 111 cm³/mol. The lowest BCUT2D eigenvalue weighted by Gasteiger charge is -2.27. The van der Waals surface area contributed by atoms with E-state index in [2.05, 4.69) is 18.2 Å². The van der Waals surface area contributed by atoms with E-state index in [1.807, 2.05) is 45.0 Å². The van der Waals surface area contributed by atoms with Gasteiger partial charge in [-0.2, -0.15) is 0 Å². The molecule has 0 saturated carbocycles. The molecule has 0 unspecified atom stereocenters. The highest BCUT2D eigenvalue weighted by atomic mass is 16.6. The lowest BCUT2D eigenvalue weighted by Crippen LogP contribution is -2.30. The van der Waals surface area contributed by atoms with Gasteiger partial charge in [0.2, 0.25) is 0 Å². The average Bonchev–Trinajstić information content (AvgIpc) is 3.26. The van der Waals surface area contributed by atoms with E-state index < -0.39 is 5.60 Å². The summed E-state index contributed by atoms with van der Waals surface area (Å²) in [6.07, 6.45) is 8.05. The Morgan fingerprint density at radius 2 is 1.79 bits per heavy atom. The van der Waals surface area contributed by atoms with Gasteiger partial charge in [-0.3, -0.25) is 0 Å². The molecule has 0 spiro atoms. The molecular weight excluding hydrogens is 368 g/mol. The molecule has 0 aliphatic carbocycles. The molecule has 2 heterocycles. The standard InChI is InChI=1S/C24H34O5/c1-24(2,3)29-23(25)17-26-14-8-7-11-19-20(22-13-12-21(19)28-22)16-27-15-18-9-5-4-6-10-18/h4-10,19-22H,11-17H2,1-3H3/t19-,20+,21-,22+/m1/s1. The van der Waals surface area contributed by atoms with Crippen LogP contribution in [0.3, 0.4) is 0 Å². The number of esters is 1. The summed E-state index contributed by atoms with van der Waals surface area (Å²) >= 11 is 0. The van der Waals surface area contributed by atoms with Crippen LogP contribution < -0.4 is 0 Å². The molecule has 2 aliphatic rings. The Hall–Kier alpha value is -1.69. The summed E-state index contributed by atoms with van der Waals surface area (Å²) in [5.41, 5.74) is 0.727. The molecule has 4 atom stereocenters. The van der Waals surface area contributed by atoms with E-state index in [0.29, 0.717) is 37.3 Å². The fourth-order valence-electron chi connectivity index (χ4n) is 4.22. The van der Waals surface area contributed by atoms with Gasteiger partial charge in [0.1, 0.15) is 12.2 Å². The number of hydrogen-bond acceptors (Lipinski definition) is 5. The Morgan fingerprint density at radius 3 is 2.52 bits per heavy atom. The molecule has 1 aromatic carbocycles. The quantitative estimate of drug-likeness (QED) is 0.332.